The molecule has 0 spiro atoms. The predicted octanol–water partition coefficient (Wildman–Crippen LogP) is 3.06. The molecule has 2 aromatic rings. The fourth-order valence-corrected chi connectivity index (χ4v) is 1.67. The van der Waals surface area contributed by atoms with E-state index in [1.54, 1.807) is 6.20 Å². The Hall–Kier alpha value is -1.52. The molecule has 0 aliphatic heterocycles. The van der Waals surface area contributed by atoms with Crippen molar-refractivity contribution >= 4 is 22.5 Å². The van der Waals surface area contributed by atoms with Crippen LogP contribution in [0.15, 0.2) is 30.5 Å². The van der Waals surface area contributed by atoms with Gasteiger partial charge in [-0.25, -0.2) is 0 Å². The summed E-state index contributed by atoms with van der Waals surface area (Å²) in [6.07, 6.45) is 7.55. The predicted molar refractivity (Wildman–Crippen MR) is 59.3 cm³/mol. The summed E-state index contributed by atoms with van der Waals surface area (Å²) in [4.78, 5) is 4.28. The van der Waals surface area contributed by atoms with Crippen molar-refractivity contribution in [1.29, 1.82) is 0 Å². The van der Waals surface area contributed by atoms with Gasteiger partial charge in [0.05, 0.1) is 5.52 Å². The second-order valence-electron chi connectivity index (χ2n) is 2.98. The van der Waals surface area contributed by atoms with Crippen LogP contribution in [0.25, 0.3) is 10.9 Å². The van der Waals surface area contributed by atoms with Gasteiger partial charge in [0.1, 0.15) is 0 Å². The highest BCUT2D eigenvalue weighted by Gasteiger charge is 2.05. The third kappa shape index (κ3) is 1.45. The lowest BCUT2D eigenvalue weighted by Gasteiger charge is -2.04. The summed E-state index contributed by atoms with van der Waals surface area (Å²) in [5.74, 6) is 2.59. The average molecular weight is 202 g/mol. The van der Waals surface area contributed by atoms with Gasteiger partial charge < -0.3 is 0 Å². The first-order chi connectivity index (χ1) is 6.83. The van der Waals surface area contributed by atoms with E-state index in [2.05, 4.69) is 10.9 Å². The zero-order chi connectivity index (χ0) is 9.97. The Morgan fingerprint density at radius 3 is 3.00 bits per heavy atom. The minimum absolute atomic E-state index is 0.521. The average Bonchev–Trinajstić information content (AvgIpc) is 2.23. The summed E-state index contributed by atoms with van der Waals surface area (Å²) in [5.41, 5.74) is 1.84. The van der Waals surface area contributed by atoms with Gasteiger partial charge in [0, 0.05) is 28.6 Å². The van der Waals surface area contributed by atoms with E-state index in [9.17, 15) is 0 Å². The lowest BCUT2D eigenvalue weighted by molar-refractivity contribution is 1.30. The zero-order valence-electron chi connectivity index (χ0n) is 7.50. The SMILES string of the molecule is C#CCc1c(Cl)ccc2cccnc12. The first-order valence-electron chi connectivity index (χ1n) is 4.28. The molecular formula is C12H8ClN. The molecule has 1 aromatic heterocycles. The molecule has 0 saturated heterocycles. The maximum atomic E-state index is 6.05. The Balaban J connectivity index is 2.77. The van der Waals surface area contributed by atoms with Crippen molar-refractivity contribution < 1.29 is 0 Å². The minimum atomic E-state index is 0.521. The fourth-order valence-electron chi connectivity index (χ4n) is 1.45. The number of halogens is 1. The molecule has 0 atom stereocenters. The largest absolute Gasteiger partial charge is 0.256 e. The number of pyridine rings is 1. The summed E-state index contributed by atoms with van der Waals surface area (Å²) in [6.45, 7) is 0. The van der Waals surface area contributed by atoms with Crippen molar-refractivity contribution in [3.63, 3.8) is 0 Å². The number of hydrogen-bond acceptors (Lipinski definition) is 1. The Kier molecular flexibility index (Phi) is 2.39. The molecule has 0 aliphatic rings. The van der Waals surface area contributed by atoms with E-state index in [-0.39, 0.29) is 0 Å². The summed E-state index contributed by atoms with van der Waals surface area (Å²) in [7, 11) is 0. The fraction of sp³-hybridized carbons (Fsp3) is 0.0833. The standard InChI is InChI=1S/C12H8ClN/c1-2-4-10-11(13)7-6-9-5-3-8-14-12(9)10/h1,3,5-8H,4H2. The smallest absolute Gasteiger partial charge is 0.0758 e. The minimum Gasteiger partial charge on any atom is -0.256 e. The van der Waals surface area contributed by atoms with Crippen LogP contribution in [0, 0.1) is 12.3 Å². The molecule has 1 aromatic carbocycles. The van der Waals surface area contributed by atoms with Gasteiger partial charge in [-0.1, -0.05) is 23.7 Å². The monoisotopic (exact) mass is 201 g/mol. The van der Waals surface area contributed by atoms with Crippen molar-refractivity contribution in [1.82, 2.24) is 4.98 Å². The number of aromatic nitrogens is 1. The van der Waals surface area contributed by atoms with Gasteiger partial charge in [0.15, 0.2) is 0 Å². The van der Waals surface area contributed by atoms with Crippen LogP contribution in [0.1, 0.15) is 5.56 Å². The normalized spacial score (nSPS) is 10.0. The van der Waals surface area contributed by atoms with Gasteiger partial charge >= 0.3 is 0 Å². The molecule has 0 radical (unpaired) electrons. The second kappa shape index (κ2) is 3.69. The first kappa shape index (κ1) is 9.05. The van der Waals surface area contributed by atoms with E-state index in [1.165, 1.54) is 0 Å². The molecule has 0 N–H and O–H groups in total. The maximum absolute atomic E-state index is 6.05. The summed E-state index contributed by atoms with van der Waals surface area (Å²) >= 11 is 6.05. The molecule has 0 amide bonds. The van der Waals surface area contributed by atoms with Gasteiger partial charge in [-0.2, -0.15) is 0 Å². The third-order valence-electron chi connectivity index (χ3n) is 2.10. The molecule has 2 rings (SSSR count). The number of terminal acetylenes is 1. The first-order valence-corrected chi connectivity index (χ1v) is 4.66. The van der Waals surface area contributed by atoms with Crippen molar-refractivity contribution in [2.24, 2.45) is 0 Å². The molecular weight excluding hydrogens is 194 g/mol. The van der Waals surface area contributed by atoms with E-state index in [0.717, 1.165) is 16.5 Å². The molecule has 0 aliphatic carbocycles. The van der Waals surface area contributed by atoms with Crippen molar-refractivity contribution in [3.8, 4) is 12.3 Å². The second-order valence-corrected chi connectivity index (χ2v) is 3.39. The van der Waals surface area contributed by atoms with E-state index >= 15 is 0 Å². The Bertz CT molecular complexity index is 511. The highest BCUT2D eigenvalue weighted by Crippen LogP contribution is 2.24. The van der Waals surface area contributed by atoms with Gasteiger partial charge in [-0.3, -0.25) is 4.98 Å². The number of rotatable bonds is 1. The highest BCUT2D eigenvalue weighted by molar-refractivity contribution is 6.32. The van der Waals surface area contributed by atoms with Crippen LogP contribution >= 0.6 is 11.6 Å². The summed E-state index contributed by atoms with van der Waals surface area (Å²) in [6, 6.07) is 7.71. The quantitative estimate of drug-likeness (QED) is 0.647. The van der Waals surface area contributed by atoms with Crippen LogP contribution in [0.3, 0.4) is 0 Å². The van der Waals surface area contributed by atoms with E-state index < -0.39 is 0 Å². The van der Waals surface area contributed by atoms with Crippen LogP contribution in [-0.2, 0) is 6.42 Å². The van der Waals surface area contributed by atoms with Crippen LogP contribution in [0.5, 0.6) is 0 Å². The molecule has 68 valence electrons. The lowest BCUT2D eigenvalue weighted by atomic mass is 10.1. The number of fused-ring (bicyclic) bond motifs is 1. The number of benzene rings is 1. The summed E-state index contributed by atoms with van der Waals surface area (Å²) in [5, 5.41) is 1.76. The Labute approximate surface area is 87.7 Å². The molecule has 2 heteroatoms. The van der Waals surface area contributed by atoms with Crippen LogP contribution in [0.2, 0.25) is 5.02 Å². The van der Waals surface area contributed by atoms with Gasteiger partial charge in [-0.05, 0) is 12.1 Å². The van der Waals surface area contributed by atoms with Crippen LogP contribution < -0.4 is 0 Å². The number of hydrogen-bond donors (Lipinski definition) is 0. The molecule has 14 heavy (non-hydrogen) atoms. The third-order valence-corrected chi connectivity index (χ3v) is 2.46. The molecule has 1 nitrogen and oxygen atoms in total. The molecule has 0 unspecified atom stereocenters. The lowest BCUT2D eigenvalue weighted by Crippen LogP contribution is -1.89. The number of nitrogens with zero attached hydrogens (tertiary/aromatic N) is 1. The van der Waals surface area contributed by atoms with E-state index in [1.807, 2.05) is 24.3 Å². The molecule has 1 heterocycles. The van der Waals surface area contributed by atoms with Gasteiger partial charge in [0.2, 0.25) is 0 Å². The van der Waals surface area contributed by atoms with Crippen molar-refractivity contribution in [2.75, 3.05) is 0 Å². The van der Waals surface area contributed by atoms with Crippen molar-refractivity contribution in [3.05, 3.63) is 41.0 Å². The molecule has 0 bridgehead atoms. The van der Waals surface area contributed by atoms with E-state index in [0.29, 0.717) is 11.4 Å². The van der Waals surface area contributed by atoms with Gasteiger partial charge in [0.25, 0.3) is 0 Å². The topological polar surface area (TPSA) is 12.9 Å². The summed E-state index contributed by atoms with van der Waals surface area (Å²) < 4.78 is 0. The highest BCUT2D eigenvalue weighted by atomic mass is 35.5. The Morgan fingerprint density at radius 1 is 1.36 bits per heavy atom. The van der Waals surface area contributed by atoms with Crippen molar-refractivity contribution in [2.45, 2.75) is 6.42 Å². The van der Waals surface area contributed by atoms with Crippen LogP contribution in [0.4, 0.5) is 0 Å². The Morgan fingerprint density at radius 2 is 2.21 bits per heavy atom. The molecule has 0 saturated carbocycles. The van der Waals surface area contributed by atoms with E-state index in [4.69, 9.17) is 18.0 Å². The van der Waals surface area contributed by atoms with Gasteiger partial charge in [-0.15, -0.1) is 12.3 Å². The van der Waals surface area contributed by atoms with Crippen LogP contribution in [-0.4, -0.2) is 4.98 Å². The molecule has 0 fully saturated rings. The maximum Gasteiger partial charge on any atom is 0.0758 e. The zero-order valence-corrected chi connectivity index (χ0v) is 8.25.